The predicted molar refractivity (Wildman–Crippen MR) is 103 cm³/mol. The largest absolute Gasteiger partial charge is 0.343 e. The van der Waals surface area contributed by atoms with Crippen LogP contribution in [0.1, 0.15) is 47.7 Å². The highest BCUT2D eigenvalue weighted by Gasteiger charge is 2.39. The second kappa shape index (κ2) is 7.27. The van der Waals surface area contributed by atoms with Crippen LogP contribution in [0.2, 0.25) is 0 Å². The summed E-state index contributed by atoms with van der Waals surface area (Å²) >= 11 is 0. The van der Waals surface area contributed by atoms with Crippen LogP contribution in [0.25, 0.3) is 0 Å². The number of amides is 1. The minimum absolute atomic E-state index is 0.0166. The van der Waals surface area contributed by atoms with Crippen LogP contribution in [-0.2, 0) is 11.3 Å². The monoisotopic (exact) mass is 391 g/mol. The summed E-state index contributed by atoms with van der Waals surface area (Å²) in [5.74, 6) is 0.924. The molecule has 0 bridgehead atoms. The molecule has 3 aromatic rings. The van der Waals surface area contributed by atoms with Crippen LogP contribution in [0.15, 0.2) is 58.4 Å². The maximum absolute atomic E-state index is 13.0. The summed E-state index contributed by atoms with van der Waals surface area (Å²) in [6.45, 7) is 1.02. The molecule has 2 fully saturated rings. The standard InChI is InChI=1S/C21H21N5O3/c27-19-8-18(15-6-7-15)22-12-26(19)11-20(28)25-9-16(14-4-2-1-3-5-14)17(10-25)21-23-13-29-24-21/h1-5,8,12-13,15-17H,6-7,9-11H2. The molecule has 0 radical (unpaired) electrons. The molecule has 2 aliphatic rings. The third-order valence-corrected chi connectivity index (χ3v) is 5.81. The Hall–Kier alpha value is -3.29. The Morgan fingerprint density at radius 1 is 1.10 bits per heavy atom. The number of hydrogen-bond donors (Lipinski definition) is 0. The maximum atomic E-state index is 13.0. The zero-order chi connectivity index (χ0) is 19.8. The molecule has 1 aliphatic carbocycles. The molecule has 1 amide bonds. The number of rotatable bonds is 5. The molecular formula is C21H21N5O3. The van der Waals surface area contributed by atoms with Gasteiger partial charge in [0.2, 0.25) is 12.3 Å². The van der Waals surface area contributed by atoms with Crippen molar-refractivity contribution in [2.24, 2.45) is 0 Å². The number of aromatic nitrogens is 4. The highest BCUT2D eigenvalue weighted by molar-refractivity contribution is 5.76. The number of carbonyl (C=O) groups excluding carboxylic acids is 1. The first-order valence-electron chi connectivity index (χ1n) is 9.84. The van der Waals surface area contributed by atoms with Gasteiger partial charge in [-0.1, -0.05) is 35.5 Å². The fourth-order valence-corrected chi connectivity index (χ4v) is 4.06. The number of carbonyl (C=O) groups is 1. The third kappa shape index (κ3) is 3.57. The van der Waals surface area contributed by atoms with Crippen molar-refractivity contribution in [1.29, 1.82) is 0 Å². The summed E-state index contributed by atoms with van der Waals surface area (Å²) in [7, 11) is 0. The summed E-state index contributed by atoms with van der Waals surface area (Å²) < 4.78 is 6.32. The number of nitrogens with zero attached hydrogens (tertiary/aromatic N) is 5. The van der Waals surface area contributed by atoms with Crippen LogP contribution < -0.4 is 5.56 Å². The molecule has 0 spiro atoms. The van der Waals surface area contributed by atoms with Gasteiger partial charge in [-0.2, -0.15) is 4.98 Å². The summed E-state index contributed by atoms with van der Waals surface area (Å²) in [6, 6.07) is 11.6. The molecule has 29 heavy (non-hydrogen) atoms. The number of hydrogen-bond acceptors (Lipinski definition) is 6. The fraction of sp³-hybridized carbons (Fsp3) is 0.381. The SMILES string of the molecule is O=C(Cn1cnc(C2CC2)cc1=O)N1CC(c2ccccc2)C(c2ncon2)C1. The van der Waals surface area contributed by atoms with Crippen molar-refractivity contribution in [2.45, 2.75) is 37.1 Å². The van der Waals surface area contributed by atoms with Crippen molar-refractivity contribution in [3.8, 4) is 0 Å². The first-order valence-corrected chi connectivity index (χ1v) is 9.84. The van der Waals surface area contributed by atoms with E-state index in [1.54, 1.807) is 11.0 Å². The Balaban J connectivity index is 1.35. The van der Waals surface area contributed by atoms with Gasteiger partial charge >= 0.3 is 0 Å². The van der Waals surface area contributed by atoms with Gasteiger partial charge in [-0.05, 0) is 18.4 Å². The molecule has 2 atom stereocenters. The molecule has 1 saturated heterocycles. The molecule has 148 valence electrons. The lowest BCUT2D eigenvalue weighted by atomic mass is 9.88. The topological polar surface area (TPSA) is 94.1 Å². The molecule has 2 unspecified atom stereocenters. The van der Waals surface area contributed by atoms with Crippen LogP contribution in [0.5, 0.6) is 0 Å². The van der Waals surface area contributed by atoms with Gasteiger partial charge in [0.05, 0.1) is 12.0 Å². The zero-order valence-electron chi connectivity index (χ0n) is 15.8. The van der Waals surface area contributed by atoms with Crippen molar-refractivity contribution in [3.63, 3.8) is 0 Å². The second-order valence-electron chi connectivity index (χ2n) is 7.77. The lowest BCUT2D eigenvalue weighted by molar-refractivity contribution is -0.130. The van der Waals surface area contributed by atoms with E-state index in [0.29, 0.717) is 24.8 Å². The predicted octanol–water partition coefficient (Wildman–Crippen LogP) is 1.91. The summed E-state index contributed by atoms with van der Waals surface area (Å²) in [5.41, 5.74) is 1.79. The lowest BCUT2D eigenvalue weighted by Gasteiger charge is -2.17. The van der Waals surface area contributed by atoms with Gasteiger partial charge in [0, 0.05) is 36.9 Å². The highest BCUT2D eigenvalue weighted by Crippen LogP contribution is 2.39. The molecule has 8 nitrogen and oxygen atoms in total. The van der Waals surface area contributed by atoms with E-state index in [0.717, 1.165) is 24.1 Å². The molecule has 1 saturated carbocycles. The number of likely N-dealkylation sites (tertiary alicyclic amines) is 1. The Morgan fingerprint density at radius 3 is 2.59 bits per heavy atom. The average molecular weight is 391 g/mol. The van der Waals surface area contributed by atoms with Crippen molar-refractivity contribution >= 4 is 5.91 Å². The first kappa shape index (κ1) is 17.8. The Bertz CT molecular complexity index is 1060. The van der Waals surface area contributed by atoms with E-state index in [1.165, 1.54) is 17.3 Å². The van der Waals surface area contributed by atoms with E-state index >= 15 is 0 Å². The van der Waals surface area contributed by atoms with E-state index in [-0.39, 0.29) is 29.8 Å². The summed E-state index contributed by atoms with van der Waals surface area (Å²) in [5, 5.41) is 4.01. The zero-order valence-corrected chi connectivity index (χ0v) is 15.8. The van der Waals surface area contributed by atoms with Gasteiger partial charge in [-0.3, -0.25) is 14.2 Å². The molecule has 8 heteroatoms. The van der Waals surface area contributed by atoms with Gasteiger partial charge in [-0.25, -0.2) is 4.98 Å². The van der Waals surface area contributed by atoms with Crippen molar-refractivity contribution < 1.29 is 9.32 Å². The van der Waals surface area contributed by atoms with E-state index in [1.807, 2.05) is 18.2 Å². The quantitative estimate of drug-likeness (QED) is 0.660. The van der Waals surface area contributed by atoms with E-state index < -0.39 is 0 Å². The lowest BCUT2D eigenvalue weighted by Crippen LogP contribution is -2.35. The fourth-order valence-electron chi connectivity index (χ4n) is 4.06. The van der Waals surface area contributed by atoms with Gasteiger partial charge in [0.15, 0.2) is 5.82 Å². The molecule has 2 aromatic heterocycles. The normalized spacial score (nSPS) is 21.4. The number of benzene rings is 1. The van der Waals surface area contributed by atoms with Gasteiger partial charge < -0.3 is 9.42 Å². The van der Waals surface area contributed by atoms with Crippen LogP contribution in [0, 0.1) is 0 Å². The smallest absolute Gasteiger partial charge is 0.254 e. The Morgan fingerprint density at radius 2 is 1.90 bits per heavy atom. The summed E-state index contributed by atoms with van der Waals surface area (Å²) in [4.78, 5) is 35.7. The maximum Gasteiger partial charge on any atom is 0.254 e. The van der Waals surface area contributed by atoms with E-state index in [2.05, 4.69) is 27.3 Å². The van der Waals surface area contributed by atoms with Crippen LogP contribution in [0.3, 0.4) is 0 Å². The molecule has 3 heterocycles. The molecule has 1 aliphatic heterocycles. The van der Waals surface area contributed by atoms with Crippen molar-refractivity contribution in [3.05, 3.63) is 76.6 Å². The van der Waals surface area contributed by atoms with E-state index in [9.17, 15) is 9.59 Å². The van der Waals surface area contributed by atoms with Crippen molar-refractivity contribution in [2.75, 3.05) is 13.1 Å². The second-order valence-corrected chi connectivity index (χ2v) is 7.77. The molecular weight excluding hydrogens is 370 g/mol. The minimum atomic E-state index is -0.177. The first-order chi connectivity index (χ1) is 14.2. The Labute approximate surface area is 167 Å². The van der Waals surface area contributed by atoms with Gasteiger partial charge in [0.1, 0.15) is 6.54 Å². The third-order valence-electron chi connectivity index (χ3n) is 5.81. The van der Waals surface area contributed by atoms with E-state index in [4.69, 9.17) is 4.52 Å². The van der Waals surface area contributed by atoms with Crippen molar-refractivity contribution in [1.82, 2.24) is 24.6 Å². The van der Waals surface area contributed by atoms with Gasteiger partial charge in [-0.15, -0.1) is 0 Å². The van der Waals surface area contributed by atoms with Crippen LogP contribution >= 0.6 is 0 Å². The Kier molecular flexibility index (Phi) is 4.46. The van der Waals surface area contributed by atoms with Gasteiger partial charge in [0.25, 0.3) is 5.56 Å². The minimum Gasteiger partial charge on any atom is -0.343 e. The molecule has 5 rings (SSSR count). The molecule has 1 aromatic carbocycles. The van der Waals surface area contributed by atoms with Crippen LogP contribution in [0.4, 0.5) is 0 Å². The summed E-state index contributed by atoms with van der Waals surface area (Å²) in [6.07, 6.45) is 4.98. The molecule has 0 N–H and O–H groups in total. The van der Waals surface area contributed by atoms with Crippen LogP contribution in [-0.4, -0.2) is 43.6 Å². The highest BCUT2D eigenvalue weighted by atomic mass is 16.5. The average Bonchev–Trinajstić information content (AvgIpc) is 3.26.